The minimum atomic E-state index is -0.522. The first-order valence-electron chi connectivity index (χ1n) is 19.3. The summed E-state index contributed by atoms with van der Waals surface area (Å²) in [4.78, 5) is 0. The van der Waals surface area contributed by atoms with E-state index in [2.05, 4.69) is 194 Å². The highest BCUT2D eigenvalue weighted by Crippen LogP contribution is 2.65. The molecular formula is C54H32O. The topological polar surface area (TPSA) is 9.23 Å². The second-order valence-corrected chi connectivity index (χ2v) is 15.4. The molecule has 1 atom stereocenters. The minimum Gasteiger partial charge on any atom is -0.457 e. The molecular weight excluding hydrogens is 665 g/mol. The van der Waals surface area contributed by atoms with Gasteiger partial charge >= 0.3 is 0 Å². The van der Waals surface area contributed by atoms with Crippen molar-refractivity contribution in [2.45, 2.75) is 10.8 Å². The van der Waals surface area contributed by atoms with Gasteiger partial charge in [-0.05, 0) is 107 Å². The van der Waals surface area contributed by atoms with Crippen LogP contribution in [0.4, 0.5) is 0 Å². The van der Waals surface area contributed by atoms with Crippen LogP contribution >= 0.6 is 0 Å². The first kappa shape index (κ1) is 29.5. The Kier molecular flexibility index (Phi) is 5.56. The average Bonchev–Trinajstić information content (AvgIpc) is 3.72. The van der Waals surface area contributed by atoms with Crippen molar-refractivity contribution in [3.05, 3.63) is 239 Å². The lowest BCUT2D eigenvalue weighted by molar-refractivity contribution is 0.436. The van der Waals surface area contributed by atoms with Crippen LogP contribution in [0.15, 0.2) is 194 Å². The zero-order valence-corrected chi connectivity index (χ0v) is 29.9. The lowest BCUT2D eigenvalue weighted by Gasteiger charge is -2.40. The van der Waals surface area contributed by atoms with Gasteiger partial charge in [-0.25, -0.2) is 0 Å². The number of rotatable bonds is 1. The molecule has 1 heterocycles. The van der Waals surface area contributed by atoms with Crippen LogP contribution in [0.25, 0.3) is 55.3 Å². The van der Waals surface area contributed by atoms with Crippen LogP contribution in [-0.4, -0.2) is 0 Å². The molecule has 0 saturated carbocycles. The molecule has 0 aromatic heterocycles. The van der Waals surface area contributed by atoms with Gasteiger partial charge < -0.3 is 4.74 Å². The molecule has 1 aliphatic heterocycles. The maximum atomic E-state index is 6.83. The quantitative estimate of drug-likeness (QED) is 0.166. The molecule has 2 spiro atoms. The van der Waals surface area contributed by atoms with E-state index in [9.17, 15) is 0 Å². The molecule has 1 heteroatoms. The molecule has 0 amide bonds. The second-order valence-electron chi connectivity index (χ2n) is 15.4. The Labute approximate surface area is 319 Å². The summed E-state index contributed by atoms with van der Waals surface area (Å²) >= 11 is 0. The van der Waals surface area contributed by atoms with Gasteiger partial charge in [-0.2, -0.15) is 0 Å². The van der Waals surface area contributed by atoms with E-state index in [1.807, 2.05) is 0 Å². The Morgan fingerprint density at radius 3 is 1.45 bits per heavy atom. The van der Waals surface area contributed by atoms with Crippen LogP contribution in [0, 0.1) is 0 Å². The molecule has 0 saturated heterocycles. The van der Waals surface area contributed by atoms with Gasteiger partial charge in [0.2, 0.25) is 0 Å². The number of hydrogen-bond acceptors (Lipinski definition) is 1. The van der Waals surface area contributed by atoms with Crippen molar-refractivity contribution in [2.24, 2.45) is 0 Å². The molecule has 4 aliphatic rings. The number of ether oxygens (including phenoxy) is 1. The third-order valence-corrected chi connectivity index (χ3v) is 13.2. The van der Waals surface area contributed by atoms with Crippen molar-refractivity contribution in [1.82, 2.24) is 0 Å². The van der Waals surface area contributed by atoms with E-state index in [0.29, 0.717) is 0 Å². The highest BCUT2D eigenvalue weighted by Gasteiger charge is 2.53. The first-order chi connectivity index (χ1) is 27.3. The van der Waals surface area contributed by atoms with Crippen molar-refractivity contribution < 1.29 is 4.74 Å². The lowest BCUT2D eigenvalue weighted by Crippen LogP contribution is -2.32. The molecule has 9 aromatic carbocycles. The predicted molar refractivity (Wildman–Crippen MR) is 223 cm³/mol. The maximum Gasteiger partial charge on any atom is 0.132 e. The van der Waals surface area contributed by atoms with E-state index in [1.165, 1.54) is 99.8 Å². The molecule has 0 N–H and O–H groups in total. The number of para-hydroxylation sites is 1. The summed E-state index contributed by atoms with van der Waals surface area (Å²) in [6, 6.07) is 72.5. The average molecular weight is 697 g/mol. The Balaban J connectivity index is 1.13. The fourth-order valence-corrected chi connectivity index (χ4v) is 11.2. The van der Waals surface area contributed by atoms with Crippen molar-refractivity contribution in [1.29, 1.82) is 0 Å². The van der Waals surface area contributed by atoms with Gasteiger partial charge in [-0.15, -0.1) is 0 Å². The van der Waals surface area contributed by atoms with E-state index in [0.717, 1.165) is 11.5 Å². The van der Waals surface area contributed by atoms with Crippen molar-refractivity contribution in [3.8, 4) is 56.0 Å². The monoisotopic (exact) mass is 696 g/mol. The third-order valence-electron chi connectivity index (χ3n) is 13.2. The Hall–Kier alpha value is -6.96. The van der Waals surface area contributed by atoms with Crippen LogP contribution < -0.4 is 4.74 Å². The lowest BCUT2D eigenvalue weighted by atomic mass is 9.61. The zero-order valence-electron chi connectivity index (χ0n) is 29.9. The SMILES string of the molecule is c1ccc2c(c1)Oc1ccc(-c3cccc4c3-c3ccccc3C43c4ccccc4-c4cccc5cccc3c45)cc1C21c2ccccc2-c2ccccc21. The third kappa shape index (κ3) is 3.42. The second kappa shape index (κ2) is 10.4. The molecule has 9 aromatic rings. The summed E-state index contributed by atoms with van der Waals surface area (Å²) in [5, 5.41) is 2.63. The van der Waals surface area contributed by atoms with Crippen LogP contribution in [0.5, 0.6) is 11.5 Å². The minimum absolute atomic E-state index is 0.465. The summed E-state index contributed by atoms with van der Waals surface area (Å²) in [5.74, 6) is 1.82. The fourth-order valence-electron chi connectivity index (χ4n) is 11.2. The van der Waals surface area contributed by atoms with Gasteiger partial charge in [0.05, 0.1) is 10.8 Å². The molecule has 254 valence electrons. The summed E-state index contributed by atoms with van der Waals surface area (Å²) < 4.78 is 6.83. The van der Waals surface area contributed by atoms with Crippen LogP contribution in [0.1, 0.15) is 44.5 Å². The van der Waals surface area contributed by atoms with Gasteiger partial charge in [-0.1, -0.05) is 176 Å². The summed E-state index contributed by atoms with van der Waals surface area (Å²) in [7, 11) is 0. The van der Waals surface area contributed by atoms with E-state index >= 15 is 0 Å². The van der Waals surface area contributed by atoms with Crippen LogP contribution in [0.2, 0.25) is 0 Å². The summed E-state index contributed by atoms with van der Waals surface area (Å²) in [6.45, 7) is 0. The van der Waals surface area contributed by atoms with Crippen LogP contribution in [0.3, 0.4) is 0 Å². The van der Waals surface area contributed by atoms with E-state index in [4.69, 9.17) is 4.74 Å². The normalized spacial score (nSPS) is 16.7. The van der Waals surface area contributed by atoms with Crippen molar-refractivity contribution in [2.75, 3.05) is 0 Å². The summed E-state index contributed by atoms with van der Waals surface area (Å²) in [6.07, 6.45) is 0. The zero-order chi connectivity index (χ0) is 35.9. The highest BCUT2D eigenvalue weighted by molar-refractivity contribution is 6.08. The molecule has 0 fully saturated rings. The van der Waals surface area contributed by atoms with E-state index in [-0.39, 0.29) is 0 Å². The van der Waals surface area contributed by atoms with Crippen molar-refractivity contribution >= 4 is 10.8 Å². The molecule has 0 bridgehead atoms. The summed E-state index contributed by atoms with van der Waals surface area (Å²) in [5.41, 5.74) is 19.6. The van der Waals surface area contributed by atoms with E-state index < -0.39 is 10.8 Å². The van der Waals surface area contributed by atoms with Gasteiger partial charge in [-0.3, -0.25) is 0 Å². The van der Waals surface area contributed by atoms with Gasteiger partial charge in [0, 0.05) is 11.1 Å². The molecule has 1 unspecified atom stereocenters. The molecule has 55 heavy (non-hydrogen) atoms. The Bertz CT molecular complexity index is 3100. The molecule has 13 rings (SSSR count). The van der Waals surface area contributed by atoms with Gasteiger partial charge in [0.15, 0.2) is 0 Å². The standard InChI is InChI=1S/C54H32O/c1-5-22-41-36(16-1)37-17-2-6-23-42(37)53(41)45-26-9-10-29-49(45)55-50-31-30-34(32-48(50)53)35-20-13-28-47-52(35)40-19-4-8-25-44(40)54(47)43-24-7-3-18-38(43)39-21-11-14-33-15-12-27-46(54)51(33)39/h1-32H. The Morgan fingerprint density at radius 1 is 0.291 bits per heavy atom. The van der Waals surface area contributed by atoms with Gasteiger partial charge in [0.1, 0.15) is 11.5 Å². The first-order valence-corrected chi connectivity index (χ1v) is 19.3. The maximum absolute atomic E-state index is 6.83. The smallest absolute Gasteiger partial charge is 0.132 e. The van der Waals surface area contributed by atoms with Gasteiger partial charge in [0.25, 0.3) is 0 Å². The molecule has 0 radical (unpaired) electrons. The fraction of sp³-hybridized carbons (Fsp3) is 0.0370. The number of benzene rings is 9. The number of hydrogen-bond donors (Lipinski definition) is 0. The molecule has 1 nitrogen and oxygen atoms in total. The number of fused-ring (bicyclic) bond motifs is 18. The van der Waals surface area contributed by atoms with Crippen molar-refractivity contribution in [3.63, 3.8) is 0 Å². The highest BCUT2D eigenvalue weighted by atomic mass is 16.5. The van der Waals surface area contributed by atoms with Crippen LogP contribution in [-0.2, 0) is 10.8 Å². The largest absolute Gasteiger partial charge is 0.457 e. The molecule has 3 aliphatic carbocycles. The van der Waals surface area contributed by atoms with E-state index in [1.54, 1.807) is 0 Å². The Morgan fingerprint density at radius 2 is 0.745 bits per heavy atom. The predicted octanol–water partition coefficient (Wildman–Crippen LogP) is 13.3.